The summed E-state index contributed by atoms with van der Waals surface area (Å²) in [7, 11) is 0. The van der Waals surface area contributed by atoms with E-state index in [4.69, 9.17) is 0 Å². The lowest BCUT2D eigenvalue weighted by Crippen LogP contribution is -2.32. The van der Waals surface area contributed by atoms with E-state index in [0.717, 1.165) is 37.3 Å². The lowest BCUT2D eigenvalue weighted by atomic mass is 10.1. The molecule has 0 radical (unpaired) electrons. The Balaban J connectivity index is 1.56. The maximum absolute atomic E-state index is 12.3. The van der Waals surface area contributed by atoms with Crippen LogP contribution in [-0.4, -0.2) is 51.5 Å². The summed E-state index contributed by atoms with van der Waals surface area (Å²) in [6.07, 6.45) is 2.49. The molecule has 126 valence electrons. The maximum Gasteiger partial charge on any atom is 0.251 e. The molecule has 2 N–H and O–H groups in total. The minimum Gasteiger partial charge on any atom is -0.352 e. The van der Waals surface area contributed by atoms with Crippen molar-refractivity contribution in [1.29, 1.82) is 0 Å². The van der Waals surface area contributed by atoms with Crippen molar-refractivity contribution in [1.82, 2.24) is 25.4 Å². The van der Waals surface area contributed by atoms with Crippen LogP contribution in [0.5, 0.6) is 0 Å². The minimum absolute atomic E-state index is 0.109. The summed E-state index contributed by atoms with van der Waals surface area (Å²) >= 11 is 0. The van der Waals surface area contributed by atoms with Crippen LogP contribution in [0.2, 0.25) is 0 Å². The molecular formula is C17H21N5O2. The van der Waals surface area contributed by atoms with Gasteiger partial charge in [-0.15, -0.1) is 0 Å². The second kappa shape index (κ2) is 7.25. The number of carbonyl (C=O) groups excluding carboxylic acids is 2. The van der Waals surface area contributed by atoms with Crippen LogP contribution < -0.4 is 5.32 Å². The molecule has 0 atom stereocenters. The third-order valence-corrected chi connectivity index (χ3v) is 4.06. The highest BCUT2D eigenvalue weighted by Crippen LogP contribution is 2.16. The van der Waals surface area contributed by atoms with Crippen molar-refractivity contribution >= 4 is 11.8 Å². The Morgan fingerprint density at radius 3 is 2.79 bits per heavy atom. The van der Waals surface area contributed by atoms with Crippen LogP contribution in [0.3, 0.4) is 0 Å². The number of likely N-dealkylation sites (tertiary alicyclic amines) is 1. The predicted molar refractivity (Wildman–Crippen MR) is 89.3 cm³/mol. The molecule has 1 aromatic carbocycles. The predicted octanol–water partition coefficient (Wildman–Crippen LogP) is 1.52. The molecule has 0 saturated carbocycles. The molecule has 1 fully saturated rings. The number of aromatic amines is 1. The summed E-state index contributed by atoms with van der Waals surface area (Å²) < 4.78 is 0. The minimum atomic E-state index is -0.196. The van der Waals surface area contributed by atoms with E-state index in [1.165, 1.54) is 0 Å². The molecule has 1 aromatic heterocycles. The number of carbonyl (C=O) groups is 2. The number of amides is 2. The molecule has 0 aliphatic carbocycles. The third-order valence-electron chi connectivity index (χ3n) is 4.06. The second-order valence-electron chi connectivity index (χ2n) is 5.92. The van der Waals surface area contributed by atoms with E-state index in [-0.39, 0.29) is 11.8 Å². The highest BCUT2D eigenvalue weighted by molar-refractivity contribution is 5.95. The van der Waals surface area contributed by atoms with E-state index >= 15 is 0 Å². The Hall–Kier alpha value is -2.70. The first-order valence-corrected chi connectivity index (χ1v) is 8.19. The van der Waals surface area contributed by atoms with Crippen LogP contribution in [0, 0.1) is 6.92 Å². The molecule has 1 aliphatic heterocycles. The number of aryl methyl sites for hydroxylation is 1. The molecule has 7 heteroatoms. The lowest BCUT2D eigenvalue weighted by molar-refractivity contribution is -0.129. The largest absolute Gasteiger partial charge is 0.352 e. The summed E-state index contributed by atoms with van der Waals surface area (Å²) in [5.74, 6) is 1.20. The maximum atomic E-state index is 12.3. The standard InChI is InChI=1S/C17H21N5O2/c1-12-19-16(21-20-12)13-5-4-6-14(11-13)17(24)18-8-7-15(23)22-9-2-3-10-22/h4-6,11H,2-3,7-10H2,1H3,(H,18,24)(H,19,20,21). The molecule has 3 rings (SSSR count). The Kier molecular flexibility index (Phi) is 4.88. The van der Waals surface area contributed by atoms with Gasteiger partial charge in [0.2, 0.25) is 5.91 Å². The van der Waals surface area contributed by atoms with Gasteiger partial charge < -0.3 is 10.2 Å². The number of nitrogens with zero attached hydrogens (tertiary/aromatic N) is 3. The smallest absolute Gasteiger partial charge is 0.251 e. The molecule has 0 unspecified atom stereocenters. The number of benzene rings is 1. The summed E-state index contributed by atoms with van der Waals surface area (Å²) in [6, 6.07) is 7.14. The van der Waals surface area contributed by atoms with Crippen LogP contribution in [0.15, 0.2) is 24.3 Å². The quantitative estimate of drug-likeness (QED) is 0.871. The van der Waals surface area contributed by atoms with Crippen molar-refractivity contribution < 1.29 is 9.59 Å². The molecule has 0 bridgehead atoms. The van der Waals surface area contributed by atoms with Gasteiger partial charge in [0.15, 0.2) is 5.82 Å². The Bertz CT molecular complexity index is 734. The zero-order valence-corrected chi connectivity index (χ0v) is 13.7. The number of H-pyrrole nitrogens is 1. The van der Waals surface area contributed by atoms with Crippen molar-refractivity contribution in [2.75, 3.05) is 19.6 Å². The van der Waals surface area contributed by atoms with Gasteiger partial charge in [0.1, 0.15) is 5.82 Å². The van der Waals surface area contributed by atoms with Gasteiger partial charge in [-0.3, -0.25) is 14.7 Å². The van der Waals surface area contributed by atoms with E-state index in [0.29, 0.717) is 24.4 Å². The highest BCUT2D eigenvalue weighted by atomic mass is 16.2. The van der Waals surface area contributed by atoms with Crippen molar-refractivity contribution in [3.63, 3.8) is 0 Å². The average Bonchev–Trinajstić information content (AvgIpc) is 3.26. The highest BCUT2D eigenvalue weighted by Gasteiger charge is 2.17. The zero-order valence-electron chi connectivity index (χ0n) is 13.7. The zero-order chi connectivity index (χ0) is 16.9. The second-order valence-corrected chi connectivity index (χ2v) is 5.92. The Labute approximate surface area is 140 Å². The average molecular weight is 327 g/mol. The fourth-order valence-electron chi connectivity index (χ4n) is 2.78. The van der Waals surface area contributed by atoms with Gasteiger partial charge in [0.05, 0.1) is 0 Å². The lowest BCUT2D eigenvalue weighted by Gasteiger charge is -2.15. The van der Waals surface area contributed by atoms with Crippen molar-refractivity contribution in [2.45, 2.75) is 26.2 Å². The van der Waals surface area contributed by atoms with Gasteiger partial charge in [-0.2, -0.15) is 5.10 Å². The van der Waals surface area contributed by atoms with Crippen LogP contribution in [0.25, 0.3) is 11.4 Å². The topological polar surface area (TPSA) is 91.0 Å². The summed E-state index contributed by atoms with van der Waals surface area (Å²) in [5.41, 5.74) is 1.31. The molecule has 24 heavy (non-hydrogen) atoms. The van der Waals surface area contributed by atoms with Crippen molar-refractivity contribution in [3.05, 3.63) is 35.7 Å². The van der Waals surface area contributed by atoms with Crippen molar-refractivity contribution in [3.8, 4) is 11.4 Å². The van der Waals surface area contributed by atoms with E-state index in [1.54, 1.807) is 18.2 Å². The number of rotatable bonds is 5. The first-order chi connectivity index (χ1) is 11.6. The van der Waals surface area contributed by atoms with Gasteiger partial charge in [0, 0.05) is 37.2 Å². The fraction of sp³-hybridized carbons (Fsp3) is 0.412. The SMILES string of the molecule is Cc1nc(-c2cccc(C(=O)NCCC(=O)N3CCCC3)c2)n[nH]1. The number of hydrogen-bond acceptors (Lipinski definition) is 4. The van der Waals surface area contributed by atoms with Crippen LogP contribution in [0.1, 0.15) is 35.4 Å². The van der Waals surface area contributed by atoms with E-state index < -0.39 is 0 Å². The molecule has 2 heterocycles. The van der Waals surface area contributed by atoms with Crippen LogP contribution in [0.4, 0.5) is 0 Å². The molecular weight excluding hydrogens is 306 g/mol. The molecule has 2 aromatic rings. The number of aromatic nitrogens is 3. The van der Waals surface area contributed by atoms with E-state index in [2.05, 4.69) is 20.5 Å². The summed E-state index contributed by atoms with van der Waals surface area (Å²) in [5, 5.41) is 9.69. The number of hydrogen-bond donors (Lipinski definition) is 2. The first kappa shape index (κ1) is 16.2. The number of nitrogens with one attached hydrogen (secondary N) is 2. The Morgan fingerprint density at radius 2 is 2.08 bits per heavy atom. The molecule has 2 amide bonds. The molecule has 1 aliphatic rings. The summed E-state index contributed by atoms with van der Waals surface area (Å²) in [6.45, 7) is 3.85. The van der Waals surface area contributed by atoms with E-state index in [9.17, 15) is 9.59 Å². The van der Waals surface area contributed by atoms with Gasteiger partial charge in [-0.1, -0.05) is 12.1 Å². The molecule has 1 saturated heterocycles. The normalized spacial score (nSPS) is 14.0. The fourth-order valence-corrected chi connectivity index (χ4v) is 2.78. The van der Waals surface area contributed by atoms with E-state index in [1.807, 2.05) is 17.9 Å². The Morgan fingerprint density at radius 1 is 1.29 bits per heavy atom. The third kappa shape index (κ3) is 3.79. The first-order valence-electron chi connectivity index (χ1n) is 8.19. The van der Waals surface area contributed by atoms with Gasteiger partial charge in [-0.25, -0.2) is 4.98 Å². The van der Waals surface area contributed by atoms with Crippen LogP contribution >= 0.6 is 0 Å². The van der Waals surface area contributed by atoms with Gasteiger partial charge >= 0.3 is 0 Å². The molecule has 7 nitrogen and oxygen atoms in total. The monoisotopic (exact) mass is 327 g/mol. The summed E-state index contributed by atoms with van der Waals surface area (Å²) in [4.78, 5) is 30.3. The van der Waals surface area contributed by atoms with Gasteiger partial charge in [0.25, 0.3) is 5.91 Å². The van der Waals surface area contributed by atoms with Gasteiger partial charge in [-0.05, 0) is 31.9 Å². The molecule has 0 spiro atoms. The van der Waals surface area contributed by atoms with Crippen LogP contribution in [-0.2, 0) is 4.79 Å². The van der Waals surface area contributed by atoms with Crippen molar-refractivity contribution in [2.24, 2.45) is 0 Å².